The molecule has 5 rings (SSSR count). The lowest BCUT2D eigenvalue weighted by Crippen LogP contribution is -2.57. The molecule has 4 aromatic rings. The molecule has 3 aromatic heterocycles. The average Bonchev–Trinajstić information content (AvgIpc) is 3.19. The highest BCUT2D eigenvalue weighted by Crippen LogP contribution is 2.25. The minimum atomic E-state index is -0.204. The summed E-state index contributed by atoms with van der Waals surface area (Å²) in [6.45, 7) is 1.78. The van der Waals surface area contributed by atoms with Gasteiger partial charge in [-0.25, -0.2) is 9.97 Å². The number of nitrogens with one attached hydrogen (secondary N) is 2. The van der Waals surface area contributed by atoms with Gasteiger partial charge >= 0.3 is 0 Å². The molecule has 0 spiro atoms. The van der Waals surface area contributed by atoms with E-state index in [4.69, 9.17) is 0 Å². The van der Waals surface area contributed by atoms with Crippen molar-refractivity contribution in [3.05, 3.63) is 66.7 Å². The molecule has 1 aliphatic heterocycles. The monoisotopic (exact) mass is 413 g/mol. The Bertz CT molecular complexity index is 1260. The first kappa shape index (κ1) is 19.2. The van der Waals surface area contributed by atoms with E-state index >= 15 is 0 Å². The van der Waals surface area contributed by atoms with Crippen molar-refractivity contribution < 1.29 is 4.79 Å². The Kier molecular flexibility index (Phi) is 4.83. The number of hydrogen-bond donors (Lipinski definition) is 2. The predicted molar refractivity (Wildman–Crippen MR) is 121 cm³/mol. The highest BCUT2D eigenvalue weighted by atomic mass is 16.1. The van der Waals surface area contributed by atoms with Gasteiger partial charge in [0.15, 0.2) is 0 Å². The zero-order valence-electron chi connectivity index (χ0n) is 17.4. The van der Waals surface area contributed by atoms with Crippen LogP contribution in [0.2, 0.25) is 0 Å². The first-order valence-corrected chi connectivity index (χ1v) is 10.2. The molecule has 0 aliphatic carbocycles. The second kappa shape index (κ2) is 7.81. The number of rotatable bonds is 5. The number of aryl methyl sites for hydroxylation is 1. The van der Waals surface area contributed by atoms with Gasteiger partial charge in [-0.15, -0.1) is 0 Å². The van der Waals surface area contributed by atoms with E-state index in [0.29, 0.717) is 17.4 Å². The molecule has 0 bridgehead atoms. The van der Waals surface area contributed by atoms with Gasteiger partial charge in [0.1, 0.15) is 11.6 Å². The van der Waals surface area contributed by atoms with Crippen molar-refractivity contribution in [2.24, 2.45) is 7.05 Å². The number of anilines is 2. The summed E-state index contributed by atoms with van der Waals surface area (Å²) in [6, 6.07) is 12.1. The van der Waals surface area contributed by atoms with Crippen LogP contribution in [0.1, 0.15) is 10.4 Å². The van der Waals surface area contributed by atoms with E-state index in [1.54, 1.807) is 23.1 Å². The van der Waals surface area contributed by atoms with Crippen LogP contribution in [-0.4, -0.2) is 51.8 Å². The van der Waals surface area contributed by atoms with Crippen molar-refractivity contribution in [2.45, 2.75) is 6.04 Å². The topological polar surface area (TPSA) is 88.0 Å². The third kappa shape index (κ3) is 3.85. The number of benzene rings is 1. The van der Waals surface area contributed by atoms with Crippen LogP contribution in [0.4, 0.5) is 11.6 Å². The summed E-state index contributed by atoms with van der Waals surface area (Å²) < 4.78 is 1.78. The molecular weight excluding hydrogens is 390 g/mol. The molecule has 1 fully saturated rings. The number of fused-ring (bicyclic) bond motifs is 1. The van der Waals surface area contributed by atoms with E-state index in [9.17, 15) is 4.79 Å². The second-order valence-corrected chi connectivity index (χ2v) is 7.78. The quantitative estimate of drug-likeness (QED) is 0.523. The van der Waals surface area contributed by atoms with Crippen LogP contribution < -0.4 is 15.5 Å². The van der Waals surface area contributed by atoms with Gasteiger partial charge < -0.3 is 15.5 Å². The largest absolute Gasteiger partial charge is 0.353 e. The van der Waals surface area contributed by atoms with E-state index in [0.717, 1.165) is 40.8 Å². The fraction of sp³-hybridized carbons (Fsp3) is 0.217. The zero-order valence-corrected chi connectivity index (χ0v) is 17.4. The Balaban J connectivity index is 1.35. The van der Waals surface area contributed by atoms with Gasteiger partial charge in [0.05, 0.1) is 6.20 Å². The van der Waals surface area contributed by atoms with Gasteiger partial charge in [0, 0.05) is 61.3 Å². The van der Waals surface area contributed by atoms with Gasteiger partial charge in [-0.05, 0) is 42.3 Å². The Labute approximate surface area is 179 Å². The summed E-state index contributed by atoms with van der Waals surface area (Å²) in [5.74, 6) is 1.12. The molecular formula is C23H23N7O. The van der Waals surface area contributed by atoms with Crippen molar-refractivity contribution in [1.29, 1.82) is 0 Å². The number of nitrogens with zero attached hydrogens (tertiary/aromatic N) is 5. The number of aromatic nitrogens is 4. The van der Waals surface area contributed by atoms with Crippen molar-refractivity contribution >= 4 is 28.3 Å². The molecule has 1 aromatic carbocycles. The van der Waals surface area contributed by atoms with Gasteiger partial charge in [-0.3, -0.25) is 9.48 Å². The lowest BCUT2D eigenvalue weighted by atomic mass is 10.1. The number of likely N-dealkylation sites (N-methyl/N-ethyl adjacent to an activating group) is 1. The first-order valence-electron chi connectivity index (χ1n) is 10.2. The maximum Gasteiger partial charge on any atom is 0.257 e. The van der Waals surface area contributed by atoms with Gasteiger partial charge in [-0.2, -0.15) is 5.10 Å². The fourth-order valence-electron chi connectivity index (χ4n) is 3.73. The van der Waals surface area contributed by atoms with Crippen LogP contribution in [0, 0.1) is 0 Å². The molecule has 8 nitrogen and oxygen atoms in total. The third-order valence-corrected chi connectivity index (χ3v) is 5.62. The van der Waals surface area contributed by atoms with Crippen molar-refractivity contribution in [2.75, 3.05) is 30.4 Å². The Morgan fingerprint density at radius 2 is 1.90 bits per heavy atom. The molecule has 31 heavy (non-hydrogen) atoms. The number of amides is 1. The molecule has 1 amide bonds. The minimum Gasteiger partial charge on any atom is -0.353 e. The molecule has 0 unspecified atom stereocenters. The molecule has 0 saturated carbocycles. The van der Waals surface area contributed by atoms with E-state index in [1.165, 1.54) is 0 Å². The third-order valence-electron chi connectivity index (χ3n) is 5.62. The SMILES string of the molecule is CNC1CN(c2cc(C(=O)Nc3cc4cc(-c5cnn(C)c5)ccc4cn3)ccn2)C1. The van der Waals surface area contributed by atoms with Crippen LogP contribution in [0.3, 0.4) is 0 Å². The summed E-state index contributed by atoms with van der Waals surface area (Å²) in [6.07, 6.45) is 7.25. The van der Waals surface area contributed by atoms with E-state index in [-0.39, 0.29) is 5.91 Å². The molecule has 1 saturated heterocycles. The lowest BCUT2D eigenvalue weighted by Gasteiger charge is -2.40. The summed E-state index contributed by atoms with van der Waals surface area (Å²) in [7, 11) is 3.85. The normalized spacial score (nSPS) is 13.9. The summed E-state index contributed by atoms with van der Waals surface area (Å²) in [4.78, 5) is 23.8. The van der Waals surface area contributed by atoms with Crippen molar-refractivity contribution in [3.63, 3.8) is 0 Å². The van der Waals surface area contributed by atoms with Crippen molar-refractivity contribution in [1.82, 2.24) is 25.1 Å². The smallest absolute Gasteiger partial charge is 0.257 e. The minimum absolute atomic E-state index is 0.204. The number of carbonyl (C=O) groups is 1. The average molecular weight is 413 g/mol. The lowest BCUT2D eigenvalue weighted by molar-refractivity contribution is 0.102. The molecule has 4 heterocycles. The first-order chi connectivity index (χ1) is 15.1. The Morgan fingerprint density at radius 1 is 1.03 bits per heavy atom. The molecule has 156 valence electrons. The highest BCUT2D eigenvalue weighted by Gasteiger charge is 2.26. The maximum absolute atomic E-state index is 12.8. The van der Waals surface area contributed by atoms with Crippen LogP contribution in [0.15, 0.2) is 61.2 Å². The highest BCUT2D eigenvalue weighted by molar-refractivity contribution is 6.05. The molecule has 0 atom stereocenters. The Hall–Kier alpha value is -3.78. The van der Waals surface area contributed by atoms with Crippen LogP contribution in [-0.2, 0) is 7.05 Å². The van der Waals surface area contributed by atoms with Crippen LogP contribution in [0.5, 0.6) is 0 Å². The van der Waals surface area contributed by atoms with Gasteiger partial charge in [0.2, 0.25) is 0 Å². The predicted octanol–water partition coefficient (Wildman–Crippen LogP) is 2.69. The van der Waals surface area contributed by atoms with Crippen LogP contribution >= 0.6 is 0 Å². The molecule has 1 aliphatic rings. The summed E-state index contributed by atoms with van der Waals surface area (Å²) in [5.41, 5.74) is 2.67. The maximum atomic E-state index is 12.8. The fourth-order valence-corrected chi connectivity index (χ4v) is 3.73. The van der Waals surface area contributed by atoms with Gasteiger partial charge in [0.25, 0.3) is 5.91 Å². The summed E-state index contributed by atoms with van der Waals surface area (Å²) in [5, 5.41) is 12.4. The van der Waals surface area contributed by atoms with E-state index < -0.39 is 0 Å². The van der Waals surface area contributed by atoms with Gasteiger partial charge in [-0.1, -0.05) is 12.1 Å². The standard InChI is InChI=1S/C23H23N7O/c1-24-20-13-30(14-20)22-9-16(5-6-25-22)23(31)28-21-8-18-7-15(3-4-17(18)10-26-21)19-11-27-29(2)12-19/h3-12,20,24H,13-14H2,1-2H3,(H,26,28,31). The van der Waals surface area contributed by atoms with E-state index in [1.807, 2.05) is 50.8 Å². The van der Waals surface area contributed by atoms with Crippen LogP contribution in [0.25, 0.3) is 21.9 Å². The summed E-state index contributed by atoms with van der Waals surface area (Å²) >= 11 is 0. The molecule has 8 heteroatoms. The molecule has 0 radical (unpaired) electrons. The molecule has 2 N–H and O–H groups in total. The second-order valence-electron chi connectivity index (χ2n) is 7.78. The number of hydrogen-bond acceptors (Lipinski definition) is 6. The zero-order chi connectivity index (χ0) is 21.4. The number of pyridine rings is 2. The van der Waals surface area contributed by atoms with E-state index in [2.05, 4.69) is 36.7 Å². The Morgan fingerprint density at radius 3 is 2.68 bits per heavy atom. The number of carbonyl (C=O) groups excluding carboxylic acids is 1. The van der Waals surface area contributed by atoms with Crippen molar-refractivity contribution in [3.8, 4) is 11.1 Å².